The first-order chi connectivity index (χ1) is 8.10. The average Bonchev–Trinajstić information content (AvgIpc) is 2.63. The van der Waals surface area contributed by atoms with Gasteiger partial charge in [-0.1, -0.05) is 38.9 Å². The molecule has 2 nitrogen and oxygen atoms in total. The van der Waals surface area contributed by atoms with E-state index >= 15 is 0 Å². The van der Waals surface area contributed by atoms with E-state index in [0.717, 1.165) is 13.8 Å². The maximum Gasteiger partial charge on any atom is 0.280 e. The summed E-state index contributed by atoms with van der Waals surface area (Å²) >= 11 is 19.7. The molecule has 0 aliphatic carbocycles. The van der Waals surface area contributed by atoms with Crippen LogP contribution in [0.25, 0.3) is 0 Å². The Bertz CT molecular complexity index is 547. The number of benzene rings is 1. The van der Waals surface area contributed by atoms with Crippen LogP contribution in [0.1, 0.15) is 4.88 Å². The molecule has 1 heterocycles. The van der Waals surface area contributed by atoms with Crippen molar-refractivity contribution in [2.45, 2.75) is 5.88 Å². The summed E-state index contributed by atoms with van der Waals surface area (Å²) in [7, 11) is 0. The molecule has 90 valence electrons. The van der Waals surface area contributed by atoms with E-state index in [1.807, 2.05) is 18.2 Å². The lowest BCUT2D eigenvalue weighted by Gasteiger charge is -2.04. The summed E-state index contributed by atoms with van der Waals surface area (Å²) in [6.45, 7) is 0. The molecule has 0 bridgehead atoms. The summed E-state index contributed by atoms with van der Waals surface area (Å²) < 4.78 is 7.43. The van der Waals surface area contributed by atoms with E-state index in [1.54, 1.807) is 0 Å². The number of hydrogen-bond acceptors (Lipinski definition) is 3. The number of hydrogen-bond donors (Lipinski definition) is 0. The molecule has 0 fully saturated rings. The zero-order valence-electron chi connectivity index (χ0n) is 8.21. The lowest BCUT2D eigenvalue weighted by Crippen LogP contribution is -1.84. The van der Waals surface area contributed by atoms with Crippen LogP contribution in [0.15, 0.2) is 27.1 Å². The van der Waals surface area contributed by atoms with Gasteiger partial charge in [0.05, 0.1) is 15.2 Å². The van der Waals surface area contributed by atoms with Crippen molar-refractivity contribution >= 4 is 66.4 Å². The topological polar surface area (TPSA) is 22.1 Å². The molecule has 0 aliphatic rings. The minimum absolute atomic E-state index is 0.335. The van der Waals surface area contributed by atoms with Gasteiger partial charge < -0.3 is 4.74 Å². The number of alkyl halides is 1. The fourth-order valence-electron chi connectivity index (χ4n) is 1.09. The van der Waals surface area contributed by atoms with Crippen LogP contribution >= 0.6 is 66.4 Å². The summed E-state index contributed by atoms with van der Waals surface area (Å²) in [6, 6.07) is 5.62. The number of aromatic nitrogens is 1. The largest absolute Gasteiger partial charge is 0.430 e. The summed E-state index contributed by atoms with van der Waals surface area (Å²) in [6.07, 6.45) is 0. The molecule has 7 heteroatoms. The van der Waals surface area contributed by atoms with Gasteiger partial charge in [0.2, 0.25) is 0 Å². The Hall–Kier alpha value is 0.190. The van der Waals surface area contributed by atoms with E-state index in [0.29, 0.717) is 22.0 Å². The number of ether oxygens (including phenoxy) is 1. The smallest absolute Gasteiger partial charge is 0.280 e. The van der Waals surface area contributed by atoms with Gasteiger partial charge in [-0.05, 0) is 34.1 Å². The molecule has 0 saturated heterocycles. The minimum Gasteiger partial charge on any atom is -0.430 e. The molecule has 2 rings (SSSR count). The molecule has 2 aromatic rings. The highest BCUT2D eigenvalue weighted by Crippen LogP contribution is 2.36. The lowest BCUT2D eigenvalue weighted by molar-refractivity contribution is 0.476. The van der Waals surface area contributed by atoms with Gasteiger partial charge >= 0.3 is 0 Å². The van der Waals surface area contributed by atoms with Gasteiger partial charge in [-0.15, -0.1) is 11.6 Å². The van der Waals surface area contributed by atoms with Gasteiger partial charge in [-0.3, -0.25) is 0 Å². The summed E-state index contributed by atoms with van der Waals surface area (Å²) in [5.41, 5.74) is 0. The Kier molecular flexibility index (Phi) is 4.72. The molecular weight excluding hydrogens is 413 g/mol. The maximum absolute atomic E-state index is 5.89. The van der Waals surface area contributed by atoms with Gasteiger partial charge in [-0.25, -0.2) is 0 Å². The number of nitrogens with zero attached hydrogens (tertiary/aromatic N) is 1. The van der Waals surface area contributed by atoms with Crippen molar-refractivity contribution in [1.29, 1.82) is 0 Å². The van der Waals surface area contributed by atoms with Crippen molar-refractivity contribution in [3.63, 3.8) is 0 Å². The van der Waals surface area contributed by atoms with Crippen molar-refractivity contribution in [2.75, 3.05) is 0 Å². The van der Waals surface area contributed by atoms with E-state index in [1.165, 1.54) is 11.3 Å². The lowest BCUT2D eigenvalue weighted by atomic mass is 10.3. The molecule has 1 aromatic carbocycles. The highest BCUT2D eigenvalue weighted by atomic mass is 79.9. The van der Waals surface area contributed by atoms with E-state index in [-0.39, 0.29) is 0 Å². The second-order valence-corrected chi connectivity index (χ2v) is 6.45. The van der Waals surface area contributed by atoms with Crippen LogP contribution in [0.4, 0.5) is 0 Å². The van der Waals surface area contributed by atoms with Crippen molar-refractivity contribution in [2.24, 2.45) is 0 Å². The van der Waals surface area contributed by atoms with Gasteiger partial charge in [0.1, 0.15) is 10.9 Å². The quantitative estimate of drug-likeness (QED) is 0.584. The SMILES string of the molecule is ClCc1sc(Oc2ccc(Br)cc2Br)nc1Cl. The molecule has 0 amide bonds. The third kappa shape index (κ3) is 3.35. The summed E-state index contributed by atoms with van der Waals surface area (Å²) in [5.74, 6) is 1.02. The molecule has 0 saturated carbocycles. The predicted octanol–water partition coefficient (Wildman–Crippen LogP) is 5.85. The monoisotopic (exact) mass is 415 g/mol. The fourth-order valence-corrected chi connectivity index (χ4v) is 3.55. The minimum atomic E-state index is 0.335. The van der Waals surface area contributed by atoms with E-state index in [4.69, 9.17) is 27.9 Å². The molecule has 0 radical (unpaired) electrons. The van der Waals surface area contributed by atoms with Crippen LogP contribution in [-0.2, 0) is 5.88 Å². The Morgan fingerprint density at radius 1 is 1.35 bits per heavy atom. The van der Waals surface area contributed by atoms with Gasteiger partial charge in [0.25, 0.3) is 5.19 Å². The van der Waals surface area contributed by atoms with Crippen LogP contribution in [0, 0.1) is 0 Å². The van der Waals surface area contributed by atoms with Crippen molar-refractivity contribution in [1.82, 2.24) is 4.98 Å². The summed E-state index contributed by atoms with van der Waals surface area (Å²) in [4.78, 5) is 4.89. The second-order valence-electron chi connectivity index (χ2n) is 3.00. The number of halogens is 4. The third-order valence-corrected chi connectivity index (χ3v) is 4.74. The van der Waals surface area contributed by atoms with E-state index in [2.05, 4.69) is 36.8 Å². The normalized spacial score (nSPS) is 10.6. The predicted molar refractivity (Wildman–Crippen MR) is 78.6 cm³/mol. The first-order valence-electron chi connectivity index (χ1n) is 4.44. The first kappa shape index (κ1) is 13.6. The van der Waals surface area contributed by atoms with Gasteiger partial charge in [-0.2, -0.15) is 4.98 Å². The molecule has 17 heavy (non-hydrogen) atoms. The maximum atomic E-state index is 5.89. The molecule has 0 atom stereocenters. The Morgan fingerprint density at radius 2 is 2.12 bits per heavy atom. The second kappa shape index (κ2) is 5.89. The Labute approximate surface area is 129 Å². The molecule has 0 aliphatic heterocycles. The van der Waals surface area contributed by atoms with Crippen molar-refractivity contribution < 1.29 is 4.74 Å². The Balaban J connectivity index is 2.25. The van der Waals surface area contributed by atoms with Gasteiger partial charge in [0.15, 0.2) is 0 Å². The Morgan fingerprint density at radius 3 is 2.71 bits per heavy atom. The van der Waals surface area contributed by atoms with Crippen molar-refractivity contribution in [3.8, 4) is 10.9 Å². The third-order valence-electron chi connectivity index (χ3n) is 1.84. The van der Waals surface area contributed by atoms with Crippen LogP contribution in [-0.4, -0.2) is 4.98 Å². The van der Waals surface area contributed by atoms with Gasteiger partial charge in [0, 0.05) is 4.47 Å². The van der Waals surface area contributed by atoms with Crippen LogP contribution in [0.2, 0.25) is 5.15 Å². The summed E-state index contributed by atoms with van der Waals surface area (Å²) in [5, 5.41) is 0.877. The average molecular weight is 418 g/mol. The zero-order valence-corrected chi connectivity index (χ0v) is 13.7. The first-order valence-corrected chi connectivity index (χ1v) is 7.75. The molecular formula is C10H5Br2Cl2NOS. The van der Waals surface area contributed by atoms with Crippen LogP contribution in [0.5, 0.6) is 10.9 Å². The van der Waals surface area contributed by atoms with Crippen LogP contribution in [0.3, 0.4) is 0 Å². The number of thiazole rings is 1. The van der Waals surface area contributed by atoms with E-state index < -0.39 is 0 Å². The molecule has 1 aromatic heterocycles. The van der Waals surface area contributed by atoms with Crippen molar-refractivity contribution in [3.05, 3.63) is 37.2 Å². The molecule has 0 N–H and O–H groups in total. The number of rotatable bonds is 3. The zero-order chi connectivity index (χ0) is 12.4. The molecule has 0 unspecified atom stereocenters. The van der Waals surface area contributed by atoms with E-state index in [9.17, 15) is 0 Å². The molecule has 0 spiro atoms. The standard InChI is InChI=1S/C10H5Br2Cl2NOS/c11-5-1-2-7(6(12)3-5)16-10-15-9(14)8(4-13)17-10/h1-3H,4H2. The van der Waals surface area contributed by atoms with Crippen LogP contribution < -0.4 is 4.74 Å². The fraction of sp³-hybridized carbons (Fsp3) is 0.100. The highest BCUT2D eigenvalue weighted by molar-refractivity contribution is 9.11. The highest BCUT2D eigenvalue weighted by Gasteiger charge is 2.11.